The lowest BCUT2D eigenvalue weighted by Crippen LogP contribution is -2.60. The number of ether oxygens (including phenoxy) is 2. The minimum absolute atomic E-state index is 0.0588. The van der Waals surface area contributed by atoms with Crippen LogP contribution >= 0.6 is 0 Å². The third-order valence-corrected chi connectivity index (χ3v) is 5.17. The third kappa shape index (κ3) is 3.05. The number of rotatable bonds is 2. The molecule has 2 aliphatic heterocycles. The molecule has 8 heteroatoms. The Kier molecular flexibility index (Phi) is 4.06. The van der Waals surface area contributed by atoms with E-state index < -0.39 is 11.0 Å². The van der Waals surface area contributed by atoms with Crippen LogP contribution in [0.25, 0.3) is 0 Å². The number of hydrogen-bond donors (Lipinski definition) is 0. The van der Waals surface area contributed by atoms with Gasteiger partial charge in [-0.15, -0.1) is 0 Å². The Morgan fingerprint density at radius 3 is 2.72 bits per heavy atom. The fraction of sp³-hybridized carbons (Fsp3) is 0.647. The molecule has 132 valence electrons. The van der Waals surface area contributed by atoms with Crippen LogP contribution in [0.3, 0.4) is 0 Å². The lowest BCUT2D eigenvalue weighted by molar-refractivity contribution is -0.160. The van der Waals surface area contributed by atoms with Crippen LogP contribution in [0, 0.1) is 16.7 Å². The van der Waals surface area contributed by atoms with Crippen molar-refractivity contribution in [2.75, 3.05) is 50.9 Å². The summed E-state index contributed by atoms with van der Waals surface area (Å²) in [5.41, 5.74) is -0.474. The van der Waals surface area contributed by atoms with E-state index in [1.54, 1.807) is 17.3 Å². The number of carbonyl (C=O) groups is 1. The first kappa shape index (κ1) is 16.2. The Bertz CT molecular complexity index is 687. The van der Waals surface area contributed by atoms with Crippen molar-refractivity contribution in [2.45, 2.75) is 18.4 Å². The summed E-state index contributed by atoms with van der Waals surface area (Å²) < 4.78 is 11.9. The summed E-state index contributed by atoms with van der Waals surface area (Å²) in [7, 11) is 0. The molecule has 0 radical (unpaired) electrons. The topological polar surface area (TPSA) is 91.6 Å². The number of carbonyl (C=O) groups excluding carboxylic acids is 1. The van der Waals surface area contributed by atoms with Crippen molar-refractivity contribution in [3.8, 4) is 6.07 Å². The van der Waals surface area contributed by atoms with Gasteiger partial charge in [0.25, 0.3) is 0 Å². The molecule has 1 spiro atoms. The standard InChI is InChI=1S/C17H21N5O3/c18-9-16(1-2-16)15(23)22-4-6-25-17(11-22)10-21(3-5-24-12-17)14-7-19-13-20-8-14/h7-8,13H,1-6,10-12H2. The predicted molar refractivity (Wildman–Crippen MR) is 87.6 cm³/mol. The van der Waals surface area contributed by atoms with E-state index >= 15 is 0 Å². The Morgan fingerprint density at radius 1 is 1.20 bits per heavy atom. The molecule has 3 fully saturated rings. The summed E-state index contributed by atoms with van der Waals surface area (Å²) in [5.74, 6) is -0.0588. The highest BCUT2D eigenvalue weighted by atomic mass is 16.5. The lowest BCUT2D eigenvalue weighted by Gasteiger charge is -2.44. The Balaban J connectivity index is 1.53. The summed E-state index contributed by atoms with van der Waals surface area (Å²) in [6.07, 6.45) is 6.37. The summed E-state index contributed by atoms with van der Waals surface area (Å²) in [5, 5.41) is 9.32. The molecule has 1 unspecified atom stereocenters. The van der Waals surface area contributed by atoms with Gasteiger partial charge in [-0.25, -0.2) is 9.97 Å². The van der Waals surface area contributed by atoms with Crippen molar-refractivity contribution in [2.24, 2.45) is 5.41 Å². The van der Waals surface area contributed by atoms with E-state index in [9.17, 15) is 10.1 Å². The minimum atomic E-state index is -0.795. The van der Waals surface area contributed by atoms with Gasteiger partial charge in [0.05, 0.1) is 57.1 Å². The SMILES string of the molecule is N#CC1(C(=O)N2CCOC3(COCCN(c4cncnc4)C3)C2)CC1. The van der Waals surface area contributed by atoms with E-state index in [4.69, 9.17) is 9.47 Å². The molecule has 0 bridgehead atoms. The molecular weight excluding hydrogens is 322 g/mol. The highest BCUT2D eigenvalue weighted by Gasteiger charge is 2.54. The van der Waals surface area contributed by atoms with Crippen molar-refractivity contribution >= 4 is 11.6 Å². The van der Waals surface area contributed by atoms with Gasteiger partial charge < -0.3 is 19.3 Å². The zero-order chi connectivity index (χ0) is 17.3. The molecule has 4 rings (SSSR count). The van der Waals surface area contributed by atoms with Gasteiger partial charge in [0.2, 0.25) is 5.91 Å². The van der Waals surface area contributed by atoms with Crippen LogP contribution in [0.1, 0.15) is 12.8 Å². The molecule has 1 saturated carbocycles. The molecule has 1 atom stereocenters. The van der Waals surface area contributed by atoms with Gasteiger partial charge >= 0.3 is 0 Å². The molecule has 1 amide bonds. The molecular formula is C17H21N5O3. The average Bonchev–Trinajstić information content (AvgIpc) is 3.47. The van der Waals surface area contributed by atoms with Crippen LogP contribution in [0.4, 0.5) is 5.69 Å². The normalized spacial score (nSPS) is 28.3. The van der Waals surface area contributed by atoms with Crippen LogP contribution in [-0.4, -0.2) is 72.4 Å². The highest BCUT2D eigenvalue weighted by Crippen LogP contribution is 2.47. The zero-order valence-corrected chi connectivity index (χ0v) is 14.1. The second-order valence-electron chi connectivity index (χ2n) is 7.02. The second-order valence-corrected chi connectivity index (χ2v) is 7.02. The maximum Gasteiger partial charge on any atom is 0.243 e. The van der Waals surface area contributed by atoms with Crippen LogP contribution in [0.5, 0.6) is 0 Å². The van der Waals surface area contributed by atoms with Crippen molar-refractivity contribution in [3.05, 3.63) is 18.7 Å². The largest absolute Gasteiger partial charge is 0.376 e. The second kappa shape index (κ2) is 6.24. The van der Waals surface area contributed by atoms with Crippen LogP contribution in [0.15, 0.2) is 18.7 Å². The van der Waals surface area contributed by atoms with Crippen LogP contribution in [-0.2, 0) is 14.3 Å². The van der Waals surface area contributed by atoms with Gasteiger partial charge in [-0.05, 0) is 12.8 Å². The lowest BCUT2D eigenvalue weighted by atomic mass is 9.99. The maximum atomic E-state index is 12.8. The van der Waals surface area contributed by atoms with Crippen LogP contribution in [0.2, 0.25) is 0 Å². The summed E-state index contributed by atoms with van der Waals surface area (Å²) in [4.78, 5) is 24.8. The van der Waals surface area contributed by atoms with Crippen LogP contribution < -0.4 is 4.90 Å². The summed E-state index contributed by atoms with van der Waals surface area (Å²) in [6.45, 7) is 3.75. The van der Waals surface area contributed by atoms with Crippen molar-refractivity contribution in [1.82, 2.24) is 14.9 Å². The maximum absolute atomic E-state index is 12.8. The molecule has 3 aliphatic rings. The van der Waals surface area contributed by atoms with E-state index in [2.05, 4.69) is 20.9 Å². The van der Waals surface area contributed by atoms with Gasteiger partial charge in [0.15, 0.2) is 0 Å². The first-order chi connectivity index (χ1) is 12.2. The number of aromatic nitrogens is 2. The Labute approximate surface area is 146 Å². The molecule has 0 N–H and O–H groups in total. The Hall–Kier alpha value is -2.24. The number of anilines is 1. The predicted octanol–water partition coefficient (Wildman–Crippen LogP) is 0.215. The number of nitrogens with zero attached hydrogens (tertiary/aromatic N) is 5. The number of nitriles is 1. The van der Waals surface area contributed by atoms with Crippen molar-refractivity contribution in [1.29, 1.82) is 5.26 Å². The van der Waals surface area contributed by atoms with Gasteiger partial charge in [-0.1, -0.05) is 0 Å². The zero-order valence-electron chi connectivity index (χ0n) is 14.1. The first-order valence-corrected chi connectivity index (χ1v) is 8.59. The number of morpholine rings is 1. The van der Waals surface area contributed by atoms with Crippen molar-refractivity contribution in [3.63, 3.8) is 0 Å². The molecule has 1 aliphatic carbocycles. The van der Waals surface area contributed by atoms with E-state index in [0.717, 1.165) is 5.69 Å². The third-order valence-electron chi connectivity index (χ3n) is 5.17. The van der Waals surface area contributed by atoms with E-state index in [0.29, 0.717) is 58.8 Å². The smallest absolute Gasteiger partial charge is 0.243 e. The van der Waals surface area contributed by atoms with E-state index in [-0.39, 0.29) is 5.91 Å². The van der Waals surface area contributed by atoms with Gasteiger partial charge in [-0.3, -0.25) is 4.79 Å². The monoisotopic (exact) mass is 343 g/mol. The van der Waals surface area contributed by atoms with Gasteiger partial charge in [-0.2, -0.15) is 5.26 Å². The Morgan fingerprint density at radius 2 is 2.00 bits per heavy atom. The highest BCUT2D eigenvalue weighted by molar-refractivity contribution is 5.88. The molecule has 1 aromatic heterocycles. The molecule has 25 heavy (non-hydrogen) atoms. The summed E-state index contributed by atoms with van der Waals surface area (Å²) in [6, 6.07) is 2.20. The fourth-order valence-corrected chi connectivity index (χ4v) is 3.58. The van der Waals surface area contributed by atoms with Crippen molar-refractivity contribution < 1.29 is 14.3 Å². The molecule has 1 aromatic rings. The fourth-order valence-electron chi connectivity index (χ4n) is 3.58. The van der Waals surface area contributed by atoms with Gasteiger partial charge in [0.1, 0.15) is 17.3 Å². The molecule has 8 nitrogen and oxygen atoms in total. The van der Waals surface area contributed by atoms with Gasteiger partial charge in [0, 0.05) is 13.1 Å². The summed E-state index contributed by atoms with van der Waals surface area (Å²) >= 11 is 0. The molecule has 2 saturated heterocycles. The number of amides is 1. The average molecular weight is 343 g/mol. The van der Waals surface area contributed by atoms with E-state index in [1.807, 2.05) is 0 Å². The first-order valence-electron chi connectivity index (χ1n) is 8.59. The van der Waals surface area contributed by atoms with E-state index in [1.165, 1.54) is 6.33 Å². The minimum Gasteiger partial charge on any atom is -0.376 e. The quantitative estimate of drug-likeness (QED) is 0.758. The molecule has 3 heterocycles. The number of hydrogen-bond acceptors (Lipinski definition) is 7. The molecule has 0 aromatic carbocycles.